The average Bonchev–Trinajstić information content (AvgIpc) is 3.09. The molecule has 20 heavy (non-hydrogen) atoms. The SMILES string of the molecule is CN1C(=O)[C@@H](N)CCN2C=CC=C([C@H]3CC3(F)F)C=C21. The van der Waals surface area contributed by atoms with Crippen molar-refractivity contribution in [3.05, 3.63) is 35.8 Å². The molecule has 1 amide bonds. The van der Waals surface area contributed by atoms with Crippen molar-refractivity contribution in [1.29, 1.82) is 0 Å². The summed E-state index contributed by atoms with van der Waals surface area (Å²) in [5, 5.41) is 0. The van der Waals surface area contributed by atoms with Crippen LogP contribution in [-0.2, 0) is 4.79 Å². The molecule has 2 heterocycles. The number of nitrogens with zero attached hydrogens (tertiary/aromatic N) is 2. The van der Waals surface area contributed by atoms with E-state index in [1.165, 1.54) is 4.90 Å². The Balaban J connectivity index is 1.94. The minimum absolute atomic E-state index is 0.117. The molecule has 0 aromatic carbocycles. The first-order valence-corrected chi connectivity index (χ1v) is 6.68. The quantitative estimate of drug-likeness (QED) is 0.791. The summed E-state index contributed by atoms with van der Waals surface area (Å²) in [5.74, 6) is -2.92. The van der Waals surface area contributed by atoms with Gasteiger partial charge in [0.1, 0.15) is 5.82 Å². The van der Waals surface area contributed by atoms with E-state index in [0.29, 0.717) is 24.4 Å². The highest BCUT2D eigenvalue weighted by molar-refractivity contribution is 5.83. The van der Waals surface area contributed by atoms with Gasteiger partial charge in [0.15, 0.2) is 0 Å². The van der Waals surface area contributed by atoms with E-state index in [9.17, 15) is 13.6 Å². The zero-order valence-electron chi connectivity index (χ0n) is 11.2. The third-order valence-electron chi connectivity index (χ3n) is 4.05. The van der Waals surface area contributed by atoms with E-state index in [1.807, 2.05) is 4.90 Å². The van der Waals surface area contributed by atoms with Crippen molar-refractivity contribution < 1.29 is 13.6 Å². The van der Waals surface area contributed by atoms with Gasteiger partial charge >= 0.3 is 0 Å². The molecule has 2 atom stereocenters. The Morgan fingerprint density at radius 2 is 2.15 bits per heavy atom. The predicted molar refractivity (Wildman–Crippen MR) is 70.4 cm³/mol. The van der Waals surface area contributed by atoms with Crippen molar-refractivity contribution in [3.63, 3.8) is 0 Å². The van der Waals surface area contributed by atoms with Crippen LogP contribution in [0.5, 0.6) is 0 Å². The molecule has 0 bridgehead atoms. The minimum Gasteiger partial charge on any atom is -0.334 e. The molecule has 4 nitrogen and oxygen atoms in total. The summed E-state index contributed by atoms with van der Waals surface area (Å²) in [6.45, 7) is 0.599. The van der Waals surface area contributed by atoms with Gasteiger partial charge in [-0.25, -0.2) is 8.78 Å². The van der Waals surface area contributed by atoms with Crippen LogP contribution in [0.15, 0.2) is 35.8 Å². The van der Waals surface area contributed by atoms with Crippen LogP contribution in [0.3, 0.4) is 0 Å². The number of amides is 1. The van der Waals surface area contributed by atoms with Gasteiger partial charge in [-0.1, -0.05) is 6.08 Å². The van der Waals surface area contributed by atoms with Gasteiger partial charge in [0.25, 0.3) is 5.92 Å². The Morgan fingerprint density at radius 1 is 1.45 bits per heavy atom. The predicted octanol–water partition coefficient (Wildman–Crippen LogP) is 1.43. The van der Waals surface area contributed by atoms with Crippen LogP contribution in [0.2, 0.25) is 0 Å². The molecule has 3 aliphatic rings. The number of hydrogen-bond donors (Lipinski definition) is 1. The van der Waals surface area contributed by atoms with Crippen molar-refractivity contribution in [2.75, 3.05) is 13.6 Å². The number of likely N-dealkylation sites (N-methyl/N-ethyl adjacent to an activating group) is 1. The number of carbonyl (C=O) groups is 1. The third kappa shape index (κ3) is 2.14. The number of allylic oxidation sites excluding steroid dienone is 4. The zero-order valence-corrected chi connectivity index (χ0v) is 11.2. The monoisotopic (exact) mass is 281 g/mol. The number of alkyl halides is 2. The van der Waals surface area contributed by atoms with Crippen molar-refractivity contribution in [2.24, 2.45) is 11.7 Å². The molecule has 1 aliphatic carbocycles. The van der Waals surface area contributed by atoms with Gasteiger partial charge in [-0.2, -0.15) is 0 Å². The lowest BCUT2D eigenvalue weighted by molar-refractivity contribution is -0.129. The summed E-state index contributed by atoms with van der Waals surface area (Å²) < 4.78 is 26.5. The molecule has 3 rings (SSSR count). The number of halogens is 2. The van der Waals surface area contributed by atoms with E-state index < -0.39 is 17.9 Å². The van der Waals surface area contributed by atoms with Crippen LogP contribution in [-0.4, -0.2) is 41.3 Å². The van der Waals surface area contributed by atoms with Crippen LogP contribution >= 0.6 is 0 Å². The lowest BCUT2D eigenvalue weighted by Gasteiger charge is -2.26. The average molecular weight is 281 g/mol. The fraction of sp³-hybridized carbons (Fsp3) is 0.500. The second-order valence-electron chi connectivity index (χ2n) is 5.51. The maximum absolute atomic E-state index is 13.2. The number of hydrogen-bond acceptors (Lipinski definition) is 3. The summed E-state index contributed by atoms with van der Waals surface area (Å²) in [6.07, 6.45) is 7.36. The largest absolute Gasteiger partial charge is 0.334 e. The van der Waals surface area contributed by atoms with Crippen LogP contribution in [0.25, 0.3) is 0 Å². The van der Waals surface area contributed by atoms with Crippen molar-refractivity contribution >= 4 is 5.91 Å². The molecule has 2 N–H and O–H groups in total. The number of carbonyl (C=O) groups excluding carboxylic acids is 1. The summed E-state index contributed by atoms with van der Waals surface area (Å²) in [5.41, 5.74) is 6.38. The molecule has 0 unspecified atom stereocenters. The van der Waals surface area contributed by atoms with E-state index in [0.717, 1.165) is 0 Å². The smallest absolute Gasteiger partial charge is 0.255 e. The third-order valence-corrected chi connectivity index (χ3v) is 4.05. The molecule has 108 valence electrons. The van der Waals surface area contributed by atoms with Crippen LogP contribution in [0.1, 0.15) is 12.8 Å². The molecule has 0 radical (unpaired) electrons. The summed E-state index contributed by atoms with van der Waals surface area (Å²) >= 11 is 0. The molecular weight excluding hydrogens is 264 g/mol. The first kappa shape index (κ1) is 13.3. The van der Waals surface area contributed by atoms with Gasteiger partial charge in [0.05, 0.1) is 12.0 Å². The number of rotatable bonds is 1. The van der Waals surface area contributed by atoms with E-state index >= 15 is 0 Å². The number of fused-ring (bicyclic) bond motifs is 1. The molecule has 0 spiro atoms. The van der Waals surface area contributed by atoms with Crippen LogP contribution in [0, 0.1) is 5.92 Å². The Hall–Kier alpha value is -1.69. The van der Waals surface area contributed by atoms with Crippen molar-refractivity contribution in [3.8, 4) is 0 Å². The van der Waals surface area contributed by atoms with Gasteiger partial charge < -0.3 is 15.5 Å². The van der Waals surface area contributed by atoms with E-state index in [1.54, 1.807) is 31.5 Å². The Labute approximate surface area is 116 Å². The fourth-order valence-corrected chi connectivity index (χ4v) is 2.65. The first-order chi connectivity index (χ1) is 9.40. The van der Waals surface area contributed by atoms with Crippen LogP contribution < -0.4 is 5.73 Å². The Bertz CT molecular complexity index is 539. The molecule has 6 heteroatoms. The van der Waals surface area contributed by atoms with Gasteiger partial charge in [0, 0.05) is 26.2 Å². The fourth-order valence-electron chi connectivity index (χ4n) is 2.65. The maximum Gasteiger partial charge on any atom is 0.255 e. The second-order valence-corrected chi connectivity index (χ2v) is 5.51. The van der Waals surface area contributed by atoms with Crippen LogP contribution in [0.4, 0.5) is 8.78 Å². The van der Waals surface area contributed by atoms with E-state index in [-0.39, 0.29) is 12.3 Å². The van der Waals surface area contributed by atoms with E-state index in [4.69, 9.17) is 5.73 Å². The Kier molecular flexibility index (Phi) is 2.93. The van der Waals surface area contributed by atoms with Crippen molar-refractivity contribution in [2.45, 2.75) is 24.8 Å². The minimum atomic E-state index is -2.62. The number of nitrogens with two attached hydrogens (primary N) is 1. The molecule has 0 aromatic heterocycles. The molecule has 1 saturated heterocycles. The summed E-state index contributed by atoms with van der Waals surface area (Å²) in [6, 6.07) is -0.545. The first-order valence-electron chi connectivity index (χ1n) is 6.68. The highest BCUT2D eigenvalue weighted by Crippen LogP contribution is 2.53. The molecule has 1 saturated carbocycles. The normalized spacial score (nSPS) is 32.1. The molecule has 0 aromatic rings. The lowest BCUT2D eigenvalue weighted by Crippen LogP contribution is -2.40. The van der Waals surface area contributed by atoms with Gasteiger partial charge in [-0.3, -0.25) is 4.79 Å². The van der Waals surface area contributed by atoms with Gasteiger partial charge in [-0.15, -0.1) is 0 Å². The van der Waals surface area contributed by atoms with Gasteiger partial charge in [0.2, 0.25) is 5.91 Å². The topological polar surface area (TPSA) is 49.6 Å². The maximum atomic E-state index is 13.2. The highest BCUT2D eigenvalue weighted by atomic mass is 19.3. The molecular formula is C14H17F2N3O. The second kappa shape index (κ2) is 4.41. The standard InChI is InChI=1S/C14H17F2N3O/c1-18-12-7-9(10-8-14(10,15)16)3-2-5-19(12)6-4-11(17)13(18)20/h2-3,5,7,10-11H,4,6,8,17H2,1H3/t10-,11+/m1/s1. The molecule has 2 aliphatic heterocycles. The van der Waals surface area contributed by atoms with E-state index in [2.05, 4.69) is 0 Å². The Morgan fingerprint density at radius 3 is 2.80 bits per heavy atom. The zero-order chi connectivity index (χ0) is 14.5. The van der Waals surface area contributed by atoms with Gasteiger partial charge in [-0.05, 0) is 24.1 Å². The van der Waals surface area contributed by atoms with Crippen molar-refractivity contribution in [1.82, 2.24) is 9.80 Å². The lowest BCUT2D eigenvalue weighted by atomic mass is 10.1. The highest BCUT2D eigenvalue weighted by Gasteiger charge is 2.58. The summed E-state index contributed by atoms with van der Waals surface area (Å²) in [7, 11) is 1.63. The molecule has 2 fully saturated rings. The summed E-state index contributed by atoms with van der Waals surface area (Å²) in [4.78, 5) is 15.4.